The van der Waals surface area contributed by atoms with Gasteiger partial charge in [0.15, 0.2) is 0 Å². The lowest BCUT2D eigenvalue weighted by Gasteiger charge is -2.15. The highest BCUT2D eigenvalue weighted by atomic mass is 32.2. The molecule has 1 aliphatic rings. The second kappa shape index (κ2) is 8.99. The highest BCUT2D eigenvalue weighted by molar-refractivity contribution is 7.99. The van der Waals surface area contributed by atoms with Gasteiger partial charge in [-0.05, 0) is 30.3 Å². The zero-order valence-corrected chi connectivity index (χ0v) is 13.4. The van der Waals surface area contributed by atoms with Crippen molar-refractivity contribution in [2.45, 2.75) is 56.3 Å². The number of likely N-dealkylation sites (N-methyl/N-ethyl adjacent to an activating group) is 1. The molecule has 0 atom stereocenters. The molecule has 118 valence electrons. The van der Waals surface area contributed by atoms with Crippen LogP contribution in [0.5, 0.6) is 0 Å². The summed E-state index contributed by atoms with van der Waals surface area (Å²) in [7, 11) is 1.89. The van der Waals surface area contributed by atoms with Crippen LogP contribution >= 0.6 is 11.8 Å². The Morgan fingerprint density at radius 2 is 2.10 bits per heavy atom. The Balaban J connectivity index is 1.74. The molecule has 1 aliphatic carbocycles. The summed E-state index contributed by atoms with van der Waals surface area (Å²) in [5.74, 6) is 0.450. The van der Waals surface area contributed by atoms with Crippen molar-refractivity contribution >= 4 is 17.7 Å². The van der Waals surface area contributed by atoms with Crippen molar-refractivity contribution in [3.05, 3.63) is 0 Å². The molecule has 0 bridgehead atoms. The van der Waals surface area contributed by atoms with Crippen LogP contribution in [0.1, 0.15) is 38.5 Å². The Labute approximate surface area is 129 Å². The Morgan fingerprint density at radius 1 is 1.33 bits per heavy atom. The first-order valence-electron chi connectivity index (χ1n) is 7.62. The summed E-state index contributed by atoms with van der Waals surface area (Å²) >= 11 is 1.39. The maximum atomic E-state index is 12.0. The number of carbonyl (C=O) groups excluding carboxylic acids is 1. The van der Waals surface area contributed by atoms with Crippen molar-refractivity contribution in [2.24, 2.45) is 0 Å². The van der Waals surface area contributed by atoms with Crippen molar-refractivity contribution in [1.29, 1.82) is 0 Å². The number of nitrogens with zero attached hydrogens (tertiary/aromatic N) is 4. The van der Waals surface area contributed by atoms with Crippen LogP contribution in [-0.2, 0) is 11.3 Å². The summed E-state index contributed by atoms with van der Waals surface area (Å²) in [5.41, 5.74) is 0. The molecule has 0 aromatic carbocycles. The molecule has 8 heteroatoms. The van der Waals surface area contributed by atoms with Gasteiger partial charge in [-0.1, -0.05) is 37.4 Å². The largest absolute Gasteiger partial charge is 0.353 e. The van der Waals surface area contributed by atoms with Crippen molar-refractivity contribution in [1.82, 2.24) is 30.8 Å². The number of tetrazole rings is 1. The fourth-order valence-corrected chi connectivity index (χ4v) is 3.20. The molecule has 0 radical (unpaired) electrons. The molecule has 1 saturated carbocycles. The summed E-state index contributed by atoms with van der Waals surface area (Å²) in [5, 5.41) is 18.4. The van der Waals surface area contributed by atoms with Gasteiger partial charge in [0.25, 0.3) is 0 Å². The maximum absolute atomic E-state index is 12.0. The fraction of sp³-hybridized carbons (Fsp3) is 0.846. The van der Waals surface area contributed by atoms with E-state index in [1.807, 2.05) is 7.05 Å². The lowest BCUT2D eigenvalue weighted by molar-refractivity contribution is -0.119. The Bertz CT molecular complexity index is 430. The number of nitrogens with one attached hydrogen (secondary N) is 2. The molecular formula is C13H24N6OS. The van der Waals surface area contributed by atoms with Crippen LogP contribution in [0.3, 0.4) is 0 Å². The number of thioether (sulfide) groups is 1. The third-order valence-electron chi connectivity index (χ3n) is 3.63. The van der Waals surface area contributed by atoms with Gasteiger partial charge in [-0.15, -0.1) is 5.10 Å². The normalized spacial score (nSPS) is 16.6. The van der Waals surface area contributed by atoms with Crippen molar-refractivity contribution < 1.29 is 4.79 Å². The van der Waals surface area contributed by atoms with Gasteiger partial charge in [-0.2, -0.15) is 0 Å². The van der Waals surface area contributed by atoms with Gasteiger partial charge < -0.3 is 10.6 Å². The van der Waals surface area contributed by atoms with Crippen LogP contribution in [-0.4, -0.2) is 51.5 Å². The second-order valence-corrected chi connectivity index (χ2v) is 6.28. The van der Waals surface area contributed by atoms with Gasteiger partial charge in [-0.25, -0.2) is 4.68 Å². The zero-order chi connectivity index (χ0) is 14.9. The van der Waals surface area contributed by atoms with Crippen LogP contribution in [0.15, 0.2) is 5.16 Å². The SMILES string of the molecule is CNCCn1nnnc1SCC(=O)NC1CCCCCC1. The average molecular weight is 312 g/mol. The van der Waals surface area contributed by atoms with E-state index in [-0.39, 0.29) is 5.91 Å². The van der Waals surface area contributed by atoms with E-state index in [4.69, 9.17) is 0 Å². The van der Waals surface area contributed by atoms with E-state index in [0.29, 0.717) is 23.5 Å². The number of hydrogen-bond acceptors (Lipinski definition) is 6. The standard InChI is InChI=1S/C13H24N6OS/c1-14-8-9-19-13(16-17-18-19)21-10-12(20)15-11-6-4-2-3-5-7-11/h11,14H,2-10H2,1H3,(H,15,20). The minimum Gasteiger partial charge on any atom is -0.353 e. The van der Waals surface area contributed by atoms with Crippen LogP contribution in [0.25, 0.3) is 0 Å². The highest BCUT2D eigenvalue weighted by Gasteiger charge is 2.16. The third-order valence-corrected chi connectivity index (χ3v) is 4.58. The Kier molecular flexibility index (Phi) is 6.94. The minimum atomic E-state index is 0.0788. The summed E-state index contributed by atoms with van der Waals surface area (Å²) in [6.07, 6.45) is 7.25. The summed E-state index contributed by atoms with van der Waals surface area (Å²) < 4.78 is 1.72. The molecule has 21 heavy (non-hydrogen) atoms. The van der Waals surface area contributed by atoms with Crippen LogP contribution in [0, 0.1) is 0 Å². The summed E-state index contributed by atoms with van der Waals surface area (Å²) in [6.45, 7) is 1.50. The van der Waals surface area contributed by atoms with E-state index in [2.05, 4.69) is 26.2 Å². The van der Waals surface area contributed by atoms with Gasteiger partial charge >= 0.3 is 0 Å². The van der Waals surface area contributed by atoms with Crippen molar-refractivity contribution in [3.63, 3.8) is 0 Å². The fourth-order valence-electron chi connectivity index (χ4n) is 2.48. The molecule has 7 nitrogen and oxygen atoms in total. The van der Waals surface area contributed by atoms with E-state index >= 15 is 0 Å². The van der Waals surface area contributed by atoms with Gasteiger partial charge in [0.05, 0.1) is 12.3 Å². The average Bonchev–Trinajstić information content (AvgIpc) is 2.78. The molecule has 0 spiro atoms. The monoisotopic (exact) mass is 312 g/mol. The van der Waals surface area contributed by atoms with Gasteiger partial charge in [0.2, 0.25) is 11.1 Å². The first-order chi connectivity index (χ1) is 10.3. The number of aromatic nitrogens is 4. The van der Waals surface area contributed by atoms with Gasteiger partial charge in [0.1, 0.15) is 0 Å². The lowest BCUT2D eigenvalue weighted by atomic mass is 10.1. The van der Waals surface area contributed by atoms with Crippen molar-refractivity contribution in [2.75, 3.05) is 19.3 Å². The van der Waals surface area contributed by atoms with Crippen LogP contribution in [0.2, 0.25) is 0 Å². The molecule has 2 N–H and O–H groups in total. The molecule has 0 aliphatic heterocycles. The van der Waals surface area contributed by atoms with Crippen molar-refractivity contribution in [3.8, 4) is 0 Å². The molecule has 1 aromatic rings. The quantitative estimate of drug-likeness (QED) is 0.573. The Hall–Kier alpha value is -1.15. The molecule has 0 unspecified atom stereocenters. The number of hydrogen-bond donors (Lipinski definition) is 2. The van der Waals surface area contributed by atoms with E-state index in [0.717, 1.165) is 19.4 Å². The van der Waals surface area contributed by atoms with Gasteiger partial charge in [0, 0.05) is 12.6 Å². The van der Waals surface area contributed by atoms with Crippen LogP contribution < -0.4 is 10.6 Å². The minimum absolute atomic E-state index is 0.0788. The second-order valence-electron chi connectivity index (χ2n) is 5.33. The first kappa shape index (κ1) is 16.2. The molecule has 1 aromatic heterocycles. The predicted molar refractivity (Wildman–Crippen MR) is 82.1 cm³/mol. The molecular weight excluding hydrogens is 288 g/mol. The predicted octanol–water partition coefficient (Wildman–Crippen LogP) is 0.824. The molecule has 1 fully saturated rings. The summed E-state index contributed by atoms with van der Waals surface area (Å²) in [4.78, 5) is 12.0. The smallest absolute Gasteiger partial charge is 0.230 e. The zero-order valence-electron chi connectivity index (χ0n) is 12.5. The lowest BCUT2D eigenvalue weighted by Crippen LogP contribution is -2.35. The van der Waals surface area contributed by atoms with E-state index < -0.39 is 0 Å². The van der Waals surface area contributed by atoms with E-state index in [9.17, 15) is 4.79 Å². The molecule has 0 saturated heterocycles. The maximum Gasteiger partial charge on any atom is 0.230 e. The van der Waals surface area contributed by atoms with Gasteiger partial charge in [-0.3, -0.25) is 4.79 Å². The number of carbonyl (C=O) groups is 1. The Morgan fingerprint density at radius 3 is 2.81 bits per heavy atom. The summed E-state index contributed by atoms with van der Waals surface area (Å²) in [6, 6.07) is 0.348. The topological polar surface area (TPSA) is 84.7 Å². The van der Waals surface area contributed by atoms with Crippen LogP contribution in [0.4, 0.5) is 0 Å². The first-order valence-corrected chi connectivity index (χ1v) is 8.61. The highest BCUT2D eigenvalue weighted by Crippen LogP contribution is 2.18. The van der Waals surface area contributed by atoms with E-state index in [1.165, 1.54) is 37.4 Å². The molecule has 1 amide bonds. The number of rotatable bonds is 7. The third kappa shape index (κ3) is 5.62. The molecule has 2 rings (SSSR count). The van der Waals surface area contributed by atoms with E-state index in [1.54, 1.807) is 4.68 Å². The molecule has 1 heterocycles. The number of amides is 1.